The summed E-state index contributed by atoms with van der Waals surface area (Å²) in [5, 5.41) is 0. The smallest absolute Gasteiger partial charge is 0.202 e. The Morgan fingerprint density at radius 2 is 1.88 bits per heavy atom. The molecule has 1 aromatic carbocycles. The molecule has 1 rings (SSSR count). The number of benzene rings is 1. The van der Waals surface area contributed by atoms with Gasteiger partial charge in [-0.25, -0.2) is 11.0 Å². The van der Waals surface area contributed by atoms with Gasteiger partial charge in [0.2, 0.25) is 5.78 Å². The van der Waals surface area contributed by atoms with Crippen molar-refractivity contribution in [1.29, 1.82) is 0 Å². The van der Waals surface area contributed by atoms with Crippen molar-refractivity contribution in [2.24, 2.45) is 5.41 Å². The van der Waals surface area contributed by atoms with Gasteiger partial charge in [-0.15, -0.1) is 0 Å². The highest BCUT2D eigenvalue weighted by molar-refractivity contribution is 5.93. The van der Waals surface area contributed by atoms with Crippen molar-refractivity contribution in [3.05, 3.63) is 35.9 Å². The van der Waals surface area contributed by atoms with E-state index in [0.29, 0.717) is 26.1 Å². The van der Waals surface area contributed by atoms with Crippen LogP contribution in [0, 0.1) is 17.3 Å². The molecule has 0 saturated heterocycles. The zero-order chi connectivity index (χ0) is 18.5. The maximum atomic E-state index is 11.1. The summed E-state index contributed by atoms with van der Waals surface area (Å²) in [5.41, 5.74) is 12.6. The molecule has 0 fully saturated rings. The highest BCUT2D eigenvalue weighted by Gasteiger charge is 2.30. The van der Waals surface area contributed by atoms with Crippen molar-refractivity contribution in [1.82, 2.24) is 11.0 Å². The molecule has 0 aromatic heterocycles. The maximum absolute atomic E-state index is 11.1. The number of hydroxylamine groups is 2. The monoisotopic (exact) mass is 345 g/mol. The number of allylic oxidation sites excluding steroid dienone is 1. The van der Waals surface area contributed by atoms with Crippen LogP contribution in [0.3, 0.4) is 0 Å². The summed E-state index contributed by atoms with van der Waals surface area (Å²) in [6.45, 7) is 2.21. The van der Waals surface area contributed by atoms with Crippen molar-refractivity contribution in [2.75, 3.05) is 33.0 Å². The van der Waals surface area contributed by atoms with Crippen molar-refractivity contribution >= 4 is 17.5 Å². The molecule has 0 bridgehead atoms. The zero-order valence-corrected chi connectivity index (χ0v) is 15.1. The first-order valence-electron chi connectivity index (χ1n) is 8.10. The number of para-hydroxylation sites is 1. The Bertz CT molecular complexity index is 624. The van der Waals surface area contributed by atoms with Crippen molar-refractivity contribution < 1.29 is 14.5 Å². The number of ketones is 1. The quantitative estimate of drug-likeness (QED) is 0.260. The predicted octanol–water partition coefficient (Wildman–Crippen LogP) is 1.94. The highest BCUT2D eigenvalue weighted by Crippen LogP contribution is 2.28. The lowest BCUT2D eigenvalue weighted by atomic mass is 9.82. The van der Waals surface area contributed by atoms with Crippen LogP contribution in [-0.2, 0) is 14.5 Å². The van der Waals surface area contributed by atoms with Gasteiger partial charge in [0.15, 0.2) is 0 Å². The second-order valence-electron chi connectivity index (χ2n) is 5.76. The summed E-state index contributed by atoms with van der Waals surface area (Å²) in [5.74, 6) is 5.35. The summed E-state index contributed by atoms with van der Waals surface area (Å²) in [7, 11) is 3.40. The van der Waals surface area contributed by atoms with Crippen LogP contribution >= 0.6 is 0 Å². The molecule has 0 unspecified atom stereocenters. The highest BCUT2D eigenvalue weighted by atomic mass is 16.7. The van der Waals surface area contributed by atoms with E-state index in [4.69, 9.17) is 15.4 Å². The van der Waals surface area contributed by atoms with Crippen LogP contribution in [0.2, 0.25) is 0 Å². The Kier molecular flexibility index (Phi) is 9.51. The molecule has 0 amide bonds. The minimum atomic E-state index is -0.408. The molecule has 0 heterocycles. The Labute approximate surface area is 149 Å². The standard InChI is InChI=1S/C19H27N3O3/c1-16(23)8-6-12-19(14-24-21-2,15-25-22-3)13-7-10-17-9-4-5-11-18(17)20/h4-5,7,9-11,21-22H,12-15,20H2,1-3H3/b10-7+. The summed E-state index contributed by atoms with van der Waals surface area (Å²) < 4.78 is 0. The number of carbonyl (C=O) groups excluding carboxylic acids is 1. The first-order valence-corrected chi connectivity index (χ1v) is 8.10. The SMILES string of the molecule is CNOCC(CC#CC(C)=O)(C/C=C/c1ccccc1N)CONC. The molecule has 0 atom stereocenters. The molecule has 0 aliphatic carbocycles. The molecule has 1 aromatic rings. The van der Waals surface area contributed by atoms with Crippen LogP contribution in [0.4, 0.5) is 5.69 Å². The first-order chi connectivity index (χ1) is 12.0. The van der Waals surface area contributed by atoms with Crippen molar-refractivity contribution in [3.63, 3.8) is 0 Å². The van der Waals surface area contributed by atoms with E-state index in [9.17, 15) is 4.79 Å². The van der Waals surface area contributed by atoms with Gasteiger partial charge >= 0.3 is 0 Å². The summed E-state index contributed by atoms with van der Waals surface area (Å²) in [6, 6.07) is 7.66. The molecule has 6 nitrogen and oxygen atoms in total. The lowest BCUT2D eigenvalue weighted by Gasteiger charge is -2.30. The summed E-state index contributed by atoms with van der Waals surface area (Å²) in [4.78, 5) is 21.9. The Balaban J connectivity index is 2.94. The summed E-state index contributed by atoms with van der Waals surface area (Å²) >= 11 is 0. The van der Waals surface area contributed by atoms with Gasteiger partial charge in [-0.2, -0.15) is 0 Å². The molecule has 0 spiro atoms. The zero-order valence-electron chi connectivity index (χ0n) is 15.1. The lowest BCUT2D eigenvalue weighted by molar-refractivity contribution is -0.111. The predicted molar refractivity (Wildman–Crippen MR) is 100 cm³/mol. The van der Waals surface area contributed by atoms with Crippen LogP contribution in [0.15, 0.2) is 30.3 Å². The van der Waals surface area contributed by atoms with Crippen LogP contribution in [0.25, 0.3) is 6.08 Å². The summed E-state index contributed by atoms with van der Waals surface area (Å²) in [6.07, 6.45) is 5.11. The minimum absolute atomic E-state index is 0.162. The largest absolute Gasteiger partial charge is 0.398 e. The third-order valence-electron chi connectivity index (χ3n) is 3.62. The number of anilines is 1. The van der Waals surface area contributed by atoms with E-state index >= 15 is 0 Å². The number of hydrogen-bond donors (Lipinski definition) is 3. The lowest BCUT2D eigenvalue weighted by Crippen LogP contribution is -2.35. The normalized spacial score (nSPS) is 11.3. The average molecular weight is 345 g/mol. The second-order valence-corrected chi connectivity index (χ2v) is 5.76. The van der Waals surface area contributed by atoms with Crippen LogP contribution < -0.4 is 16.7 Å². The van der Waals surface area contributed by atoms with Gasteiger partial charge in [-0.1, -0.05) is 36.3 Å². The van der Waals surface area contributed by atoms with Gasteiger partial charge in [-0.05, 0) is 24.0 Å². The molecule has 0 aliphatic rings. The van der Waals surface area contributed by atoms with E-state index < -0.39 is 5.41 Å². The van der Waals surface area contributed by atoms with Crippen molar-refractivity contribution in [3.8, 4) is 11.8 Å². The average Bonchev–Trinajstić information content (AvgIpc) is 2.59. The van der Waals surface area contributed by atoms with E-state index in [1.807, 2.05) is 36.4 Å². The fourth-order valence-corrected chi connectivity index (χ4v) is 2.24. The Morgan fingerprint density at radius 3 is 2.44 bits per heavy atom. The second kappa shape index (κ2) is 11.4. The van der Waals surface area contributed by atoms with E-state index in [0.717, 1.165) is 11.3 Å². The van der Waals surface area contributed by atoms with E-state index in [1.165, 1.54) is 6.92 Å². The minimum Gasteiger partial charge on any atom is -0.398 e. The number of nitrogens with two attached hydrogens (primary N) is 1. The van der Waals surface area contributed by atoms with Gasteiger partial charge in [0.05, 0.1) is 13.2 Å². The molecular formula is C19H27N3O3. The van der Waals surface area contributed by atoms with Gasteiger partial charge in [-0.3, -0.25) is 4.79 Å². The topological polar surface area (TPSA) is 85.6 Å². The fourth-order valence-electron chi connectivity index (χ4n) is 2.24. The van der Waals surface area contributed by atoms with Gasteiger partial charge in [0, 0.05) is 38.5 Å². The van der Waals surface area contributed by atoms with Crippen LogP contribution in [0.1, 0.15) is 25.3 Å². The Morgan fingerprint density at radius 1 is 1.24 bits per heavy atom. The van der Waals surface area contributed by atoms with E-state index in [2.05, 4.69) is 22.8 Å². The molecular weight excluding hydrogens is 318 g/mol. The molecule has 4 N–H and O–H groups in total. The Hall–Kier alpha value is -2.17. The number of nitrogen functional groups attached to an aromatic ring is 1. The third kappa shape index (κ3) is 7.96. The fraction of sp³-hybridized carbons (Fsp3) is 0.421. The molecule has 25 heavy (non-hydrogen) atoms. The van der Waals surface area contributed by atoms with Crippen LogP contribution in [-0.4, -0.2) is 33.1 Å². The number of Topliss-reactive ketones (excluding diaryl/α,β-unsaturated/α-hetero) is 1. The molecule has 136 valence electrons. The third-order valence-corrected chi connectivity index (χ3v) is 3.62. The van der Waals surface area contributed by atoms with Gasteiger partial charge in [0.1, 0.15) is 0 Å². The molecule has 6 heteroatoms. The molecule has 0 aliphatic heterocycles. The van der Waals surface area contributed by atoms with Gasteiger partial charge < -0.3 is 15.4 Å². The molecule has 0 saturated carbocycles. The number of rotatable bonds is 10. The molecule has 0 radical (unpaired) electrons. The first kappa shape index (κ1) is 20.9. The van der Waals surface area contributed by atoms with Crippen LogP contribution in [0.5, 0.6) is 0 Å². The number of carbonyl (C=O) groups is 1. The van der Waals surface area contributed by atoms with E-state index in [1.54, 1.807) is 14.1 Å². The van der Waals surface area contributed by atoms with Crippen molar-refractivity contribution in [2.45, 2.75) is 19.8 Å². The maximum Gasteiger partial charge on any atom is 0.202 e. The number of nitrogens with one attached hydrogen (secondary N) is 2. The number of hydrogen-bond acceptors (Lipinski definition) is 6. The van der Waals surface area contributed by atoms with Gasteiger partial charge in [0.25, 0.3) is 0 Å². The van der Waals surface area contributed by atoms with E-state index in [-0.39, 0.29) is 5.78 Å².